The summed E-state index contributed by atoms with van der Waals surface area (Å²) in [7, 11) is 1.60. The summed E-state index contributed by atoms with van der Waals surface area (Å²) in [6, 6.07) is 15.5. The van der Waals surface area contributed by atoms with Crippen LogP contribution in [0.1, 0.15) is 29.0 Å². The molecule has 1 fully saturated rings. The van der Waals surface area contributed by atoms with Crippen LogP contribution in [-0.4, -0.2) is 64.7 Å². The quantitative estimate of drug-likeness (QED) is 0.658. The largest absolute Gasteiger partial charge is 0.478 e. The van der Waals surface area contributed by atoms with Crippen LogP contribution < -0.4 is 10.9 Å². The van der Waals surface area contributed by atoms with Gasteiger partial charge in [0, 0.05) is 55.7 Å². The molecule has 8 nitrogen and oxygen atoms in total. The van der Waals surface area contributed by atoms with Gasteiger partial charge in [-0.15, -0.1) is 0 Å². The van der Waals surface area contributed by atoms with Crippen LogP contribution >= 0.6 is 0 Å². The molecule has 0 spiro atoms. The van der Waals surface area contributed by atoms with Gasteiger partial charge in [-0.2, -0.15) is 0 Å². The van der Waals surface area contributed by atoms with Crippen molar-refractivity contribution in [3.63, 3.8) is 0 Å². The van der Waals surface area contributed by atoms with Gasteiger partial charge in [0.2, 0.25) is 0 Å². The molecular formula is C24H26N4O4. The monoisotopic (exact) mass is 434 g/mol. The summed E-state index contributed by atoms with van der Waals surface area (Å²) >= 11 is 0. The van der Waals surface area contributed by atoms with E-state index in [-0.39, 0.29) is 23.2 Å². The minimum absolute atomic E-state index is 0.129. The van der Waals surface area contributed by atoms with Crippen LogP contribution in [0.3, 0.4) is 0 Å². The molecule has 4 rings (SSSR count). The van der Waals surface area contributed by atoms with Crippen LogP contribution in [0.4, 0.5) is 4.79 Å². The van der Waals surface area contributed by atoms with Crippen molar-refractivity contribution in [1.29, 1.82) is 0 Å². The number of piperazine rings is 1. The summed E-state index contributed by atoms with van der Waals surface area (Å²) < 4.78 is 1.53. The third-order valence-electron chi connectivity index (χ3n) is 6.11. The van der Waals surface area contributed by atoms with E-state index in [1.807, 2.05) is 37.3 Å². The van der Waals surface area contributed by atoms with Crippen LogP contribution in [0.15, 0.2) is 59.4 Å². The third kappa shape index (κ3) is 3.73. The number of rotatable bonds is 4. The van der Waals surface area contributed by atoms with Gasteiger partial charge in [-0.25, -0.2) is 9.59 Å². The molecule has 0 aliphatic carbocycles. The minimum Gasteiger partial charge on any atom is -0.478 e. The van der Waals surface area contributed by atoms with E-state index in [1.165, 1.54) is 4.57 Å². The van der Waals surface area contributed by atoms with E-state index in [1.54, 1.807) is 36.2 Å². The van der Waals surface area contributed by atoms with Crippen molar-refractivity contribution in [2.45, 2.75) is 13.0 Å². The molecule has 1 aliphatic rings. The van der Waals surface area contributed by atoms with E-state index in [0.717, 1.165) is 0 Å². The molecule has 166 valence electrons. The average Bonchev–Trinajstić information content (AvgIpc) is 2.83. The fourth-order valence-electron chi connectivity index (χ4n) is 4.46. The van der Waals surface area contributed by atoms with Gasteiger partial charge < -0.3 is 15.3 Å². The van der Waals surface area contributed by atoms with Crippen molar-refractivity contribution < 1.29 is 14.7 Å². The van der Waals surface area contributed by atoms with Crippen LogP contribution in [-0.2, 0) is 0 Å². The van der Waals surface area contributed by atoms with Crippen LogP contribution in [0.25, 0.3) is 16.5 Å². The number of amides is 2. The van der Waals surface area contributed by atoms with Crippen molar-refractivity contribution in [2.24, 2.45) is 0 Å². The normalized spacial score (nSPS) is 15.5. The summed E-state index contributed by atoms with van der Waals surface area (Å²) in [5, 5.41) is 13.7. The standard InChI is InChI=1S/C24H26N4O4/c1-16(26-12-14-27(15-13-26)24(32)25-2)21-20(23(30)31)18-10-6-7-11-19(18)22(29)28(21)17-8-4-3-5-9-17/h3-11,16H,12-15H2,1-2H3,(H,25,32)(H,30,31). The molecule has 0 bridgehead atoms. The Morgan fingerprint density at radius 1 is 0.938 bits per heavy atom. The van der Waals surface area contributed by atoms with Gasteiger partial charge >= 0.3 is 12.0 Å². The second kappa shape index (κ2) is 8.84. The number of benzene rings is 2. The van der Waals surface area contributed by atoms with Gasteiger partial charge in [-0.05, 0) is 25.1 Å². The second-order valence-corrected chi connectivity index (χ2v) is 7.84. The van der Waals surface area contributed by atoms with E-state index in [2.05, 4.69) is 10.2 Å². The van der Waals surface area contributed by atoms with Crippen molar-refractivity contribution >= 4 is 22.8 Å². The highest BCUT2D eigenvalue weighted by atomic mass is 16.4. The number of aromatic carboxylic acids is 1. The minimum atomic E-state index is -1.07. The average molecular weight is 434 g/mol. The summed E-state index contributed by atoms with van der Waals surface area (Å²) in [5.41, 5.74) is 0.949. The molecule has 32 heavy (non-hydrogen) atoms. The number of urea groups is 1. The van der Waals surface area contributed by atoms with Crippen LogP contribution in [0, 0.1) is 0 Å². The fraction of sp³-hybridized carbons (Fsp3) is 0.292. The molecule has 0 radical (unpaired) electrons. The van der Waals surface area contributed by atoms with Gasteiger partial charge in [0.15, 0.2) is 0 Å². The highest BCUT2D eigenvalue weighted by Gasteiger charge is 2.31. The van der Waals surface area contributed by atoms with Crippen molar-refractivity contribution in [2.75, 3.05) is 33.2 Å². The number of carbonyl (C=O) groups excluding carboxylic acids is 1. The second-order valence-electron chi connectivity index (χ2n) is 7.84. The van der Waals surface area contributed by atoms with Crippen molar-refractivity contribution in [1.82, 2.24) is 19.7 Å². The van der Waals surface area contributed by atoms with E-state index < -0.39 is 5.97 Å². The number of hydrogen-bond acceptors (Lipinski definition) is 4. The van der Waals surface area contributed by atoms with Gasteiger partial charge in [0.05, 0.1) is 11.3 Å². The third-order valence-corrected chi connectivity index (χ3v) is 6.11. The Labute approximate surface area is 185 Å². The molecular weight excluding hydrogens is 408 g/mol. The first-order valence-corrected chi connectivity index (χ1v) is 10.6. The van der Waals surface area contributed by atoms with E-state index in [9.17, 15) is 19.5 Å². The predicted octanol–water partition coefficient (Wildman–Crippen LogP) is 2.71. The summed E-state index contributed by atoms with van der Waals surface area (Å²) in [6.45, 7) is 4.11. The lowest BCUT2D eigenvalue weighted by atomic mass is 9.98. The van der Waals surface area contributed by atoms with Gasteiger partial charge in [-0.3, -0.25) is 14.3 Å². The molecule has 1 unspecified atom stereocenters. The molecule has 2 N–H and O–H groups in total. The van der Waals surface area contributed by atoms with Crippen LogP contribution in [0.5, 0.6) is 0 Å². The van der Waals surface area contributed by atoms with E-state index >= 15 is 0 Å². The lowest BCUT2D eigenvalue weighted by Crippen LogP contribution is -2.52. The smallest absolute Gasteiger partial charge is 0.338 e. The molecule has 8 heteroatoms. The molecule has 2 amide bonds. The zero-order chi connectivity index (χ0) is 22.8. The Bertz CT molecular complexity index is 1210. The number of carboxylic acids is 1. The Kier molecular flexibility index (Phi) is 5.96. The predicted molar refractivity (Wildman–Crippen MR) is 123 cm³/mol. The first-order valence-electron chi connectivity index (χ1n) is 10.6. The molecule has 2 heterocycles. The highest BCUT2D eigenvalue weighted by molar-refractivity contribution is 6.04. The zero-order valence-electron chi connectivity index (χ0n) is 18.1. The lowest BCUT2D eigenvalue weighted by molar-refractivity contribution is 0.0690. The van der Waals surface area contributed by atoms with Crippen molar-refractivity contribution in [3.05, 3.63) is 76.2 Å². The van der Waals surface area contributed by atoms with E-state index in [0.29, 0.717) is 48.3 Å². The zero-order valence-corrected chi connectivity index (χ0v) is 18.1. The topological polar surface area (TPSA) is 94.9 Å². The summed E-state index contributed by atoms with van der Waals surface area (Å²) in [6.07, 6.45) is 0. The number of carboxylic acid groups (broad SMARTS) is 1. The number of aromatic nitrogens is 1. The van der Waals surface area contributed by atoms with Gasteiger partial charge in [0.1, 0.15) is 0 Å². The maximum Gasteiger partial charge on any atom is 0.338 e. The Morgan fingerprint density at radius 3 is 2.12 bits per heavy atom. The van der Waals surface area contributed by atoms with Crippen LogP contribution in [0.2, 0.25) is 0 Å². The molecule has 3 aromatic rings. The highest BCUT2D eigenvalue weighted by Crippen LogP contribution is 2.30. The number of pyridine rings is 1. The summed E-state index contributed by atoms with van der Waals surface area (Å²) in [5.74, 6) is -1.07. The number of carbonyl (C=O) groups is 2. The maximum atomic E-state index is 13.6. The number of hydrogen-bond donors (Lipinski definition) is 2. The molecule has 1 saturated heterocycles. The molecule has 2 aromatic carbocycles. The Hall–Kier alpha value is -3.65. The maximum absolute atomic E-state index is 13.6. The molecule has 0 saturated carbocycles. The number of para-hydroxylation sites is 1. The molecule has 1 aromatic heterocycles. The van der Waals surface area contributed by atoms with Gasteiger partial charge in [0.25, 0.3) is 5.56 Å². The van der Waals surface area contributed by atoms with E-state index in [4.69, 9.17) is 0 Å². The first kappa shape index (κ1) is 21.6. The lowest BCUT2D eigenvalue weighted by Gasteiger charge is -2.39. The Balaban J connectivity index is 1.90. The molecule has 1 aliphatic heterocycles. The Morgan fingerprint density at radius 2 is 1.53 bits per heavy atom. The summed E-state index contributed by atoms with van der Waals surface area (Å²) in [4.78, 5) is 41.9. The number of nitrogens with one attached hydrogen (secondary N) is 1. The number of fused-ring (bicyclic) bond motifs is 1. The fourth-order valence-corrected chi connectivity index (χ4v) is 4.46. The molecule has 1 atom stereocenters. The SMILES string of the molecule is CNC(=O)N1CCN(C(C)c2c(C(=O)O)c3ccccc3c(=O)n2-c2ccccc2)CC1. The van der Waals surface area contributed by atoms with Gasteiger partial charge in [-0.1, -0.05) is 36.4 Å². The van der Waals surface area contributed by atoms with Crippen molar-refractivity contribution in [3.8, 4) is 5.69 Å². The first-order chi connectivity index (χ1) is 15.4. The number of nitrogens with zero attached hydrogens (tertiary/aromatic N) is 3.